The molecule has 0 aliphatic carbocycles. The number of halogens is 7. The lowest BCUT2D eigenvalue weighted by molar-refractivity contribution is -0.240. The van der Waals surface area contributed by atoms with Gasteiger partial charge < -0.3 is 5.11 Å². The monoisotopic (exact) mass is 625 g/mol. The van der Waals surface area contributed by atoms with Gasteiger partial charge in [-0.3, -0.25) is 4.31 Å². The Labute approximate surface area is 230 Å². The average molecular weight is 626 g/mol. The van der Waals surface area contributed by atoms with Crippen LogP contribution >= 0.6 is 11.6 Å². The van der Waals surface area contributed by atoms with E-state index in [2.05, 4.69) is 0 Å². The number of rotatable bonds is 6. The third kappa shape index (κ3) is 6.90. The van der Waals surface area contributed by atoms with Crippen LogP contribution in [0.4, 0.5) is 32.0 Å². The first kappa shape index (κ1) is 31.3. The van der Waals surface area contributed by atoms with Crippen molar-refractivity contribution in [1.82, 2.24) is 0 Å². The van der Waals surface area contributed by atoms with Gasteiger partial charge in [-0.1, -0.05) is 41.8 Å². The largest absolute Gasteiger partial charge is 0.433 e. The third-order valence-corrected chi connectivity index (χ3v) is 8.47. The van der Waals surface area contributed by atoms with Crippen molar-refractivity contribution in [2.45, 2.75) is 27.7 Å². The van der Waals surface area contributed by atoms with Crippen LogP contribution in [-0.4, -0.2) is 47.1 Å². The second-order valence-corrected chi connectivity index (χ2v) is 12.7. The molecular weight excluding hydrogens is 608 g/mol. The summed E-state index contributed by atoms with van der Waals surface area (Å²) >= 11 is 5.79. The minimum absolute atomic E-state index is 0.163. The molecule has 6 nitrogen and oxygen atoms in total. The topological polar surface area (TPSA) is 91.8 Å². The van der Waals surface area contributed by atoms with Crippen LogP contribution in [-0.2, 0) is 25.5 Å². The van der Waals surface area contributed by atoms with E-state index in [1.54, 1.807) is 5.92 Å². The maximum absolute atomic E-state index is 14.3. The molecule has 0 saturated carbocycles. The second-order valence-electron chi connectivity index (χ2n) is 8.36. The lowest BCUT2D eigenvalue weighted by atomic mass is 9.91. The van der Waals surface area contributed by atoms with Gasteiger partial charge in [0.05, 0.1) is 15.5 Å². The van der Waals surface area contributed by atoms with E-state index in [4.69, 9.17) is 11.6 Å². The number of benzene rings is 3. The van der Waals surface area contributed by atoms with Crippen LogP contribution in [0.3, 0.4) is 0 Å². The first-order chi connectivity index (χ1) is 18.3. The summed E-state index contributed by atoms with van der Waals surface area (Å²) in [6.07, 6.45) is -9.95. The molecule has 3 rings (SSSR count). The molecule has 0 aromatic heterocycles. The standard InChI is InChI=1S/C25H18ClF6NO5S2/c1-39(35,36)19-11-9-17(10-12-19)13-14-23(34,25(30,31)32)21-7-2-3-8-22(21)33(16-24(27,28)29)40(37,38)20-6-4-5-18(26)15-20/h2-12,15,34H,16H2,1H3. The lowest BCUT2D eigenvalue weighted by Crippen LogP contribution is -2.45. The molecule has 0 aliphatic heterocycles. The predicted molar refractivity (Wildman–Crippen MR) is 135 cm³/mol. The Bertz CT molecular complexity index is 1680. The van der Waals surface area contributed by atoms with Crippen molar-refractivity contribution < 1.29 is 48.3 Å². The summed E-state index contributed by atoms with van der Waals surface area (Å²) in [5.74, 6) is 3.63. The second kappa shape index (κ2) is 11.0. The summed E-state index contributed by atoms with van der Waals surface area (Å²) in [4.78, 5) is -0.907. The molecule has 3 aromatic carbocycles. The maximum atomic E-state index is 14.3. The maximum Gasteiger partial charge on any atom is 0.433 e. The Morgan fingerprint density at radius 2 is 1.45 bits per heavy atom. The summed E-state index contributed by atoms with van der Waals surface area (Å²) in [5.41, 5.74) is -6.77. The molecular formula is C25H18ClF6NO5S2. The smallest absolute Gasteiger partial charge is 0.366 e. The van der Waals surface area contributed by atoms with Gasteiger partial charge in [-0.05, 0) is 54.5 Å². The number of alkyl halides is 6. The average Bonchev–Trinajstić information content (AvgIpc) is 2.84. The zero-order valence-electron chi connectivity index (χ0n) is 20.1. The molecule has 0 spiro atoms. The van der Waals surface area contributed by atoms with Gasteiger partial charge in [-0.2, -0.15) is 26.3 Å². The number of aliphatic hydroxyl groups is 1. The van der Waals surface area contributed by atoms with E-state index in [-0.39, 0.29) is 19.8 Å². The van der Waals surface area contributed by atoms with Crippen molar-refractivity contribution in [2.75, 3.05) is 17.1 Å². The van der Waals surface area contributed by atoms with E-state index >= 15 is 0 Å². The van der Waals surface area contributed by atoms with E-state index in [9.17, 15) is 48.3 Å². The quantitative estimate of drug-likeness (QED) is 0.297. The van der Waals surface area contributed by atoms with Gasteiger partial charge in [0, 0.05) is 22.4 Å². The number of sulfone groups is 1. The van der Waals surface area contributed by atoms with Gasteiger partial charge >= 0.3 is 12.4 Å². The fraction of sp³-hybridized carbons (Fsp3) is 0.200. The first-order valence-corrected chi connectivity index (χ1v) is 14.5. The molecule has 1 unspecified atom stereocenters. The molecule has 15 heteroatoms. The van der Waals surface area contributed by atoms with Crippen molar-refractivity contribution in [1.29, 1.82) is 0 Å². The number of sulfonamides is 1. The van der Waals surface area contributed by atoms with E-state index in [1.165, 1.54) is 6.07 Å². The third-order valence-electron chi connectivity index (χ3n) is 5.35. The van der Waals surface area contributed by atoms with Gasteiger partial charge in [0.1, 0.15) is 6.54 Å². The highest BCUT2D eigenvalue weighted by molar-refractivity contribution is 7.92. The summed E-state index contributed by atoms with van der Waals surface area (Å²) < 4.78 is 133. The minimum Gasteiger partial charge on any atom is -0.366 e. The van der Waals surface area contributed by atoms with Crippen LogP contribution < -0.4 is 4.31 Å². The Kier molecular flexibility index (Phi) is 8.57. The van der Waals surface area contributed by atoms with Crippen molar-refractivity contribution in [3.63, 3.8) is 0 Å². The zero-order chi connectivity index (χ0) is 30.1. The fourth-order valence-corrected chi connectivity index (χ4v) is 5.85. The van der Waals surface area contributed by atoms with Gasteiger partial charge in [0.25, 0.3) is 15.6 Å². The number of hydrogen-bond donors (Lipinski definition) is 1. The Morgan fingerprint density at radius 3 is 1.98 bits per heavy atom. The van der Waals surface area contributed by atoms with Crippen LogP contribution in [0, 0.1) is 11.8 Å². The fourth-order valence-electron chi connectivity index (χ4n) is 3.45. The number of anilines is 1. The number of nitrogens with zero attached hydrogens (tertiary/aromatic N) is 1. The molecule has 1 atom stereocenters. The van der Waals surface area contributed by atoms with E-state index < -0.39 is 60.5 Å². The first-order valence-electron chi connectivity index (χ1n) is 10.8. The Hall–Kier alpha value is -3.25. The summed E-state index contributed by atoms with van der Waals surface area (Å²) in [6.45, 7) is -2.24. The Balaban J connectivity index is 2.26. The highest BCUT2D eigenvalue weighted by Crippen LogP contribution is 2.44. The van der Waals surface area contributed by atoms with Gasteiger partial charge in [-0.25, -0.2) is 16.8 Å². The molecule has 0 saturated heterocycles. The molecule has 0 bridgehead atoms. The molecule has 0 radical (unpaired) electrons. The molecule has 0 aliphatic rings. The SMILES string of the molecule is CS(=O)(=O)c1ccc(C#CC(O)(c2ccccc2N(CC(F)(F)F)S(=O)(=O)c2cccc(Cl)c2)C(F)(F)F)cc1. The number of para-hydroxylation sites is 1. The zero-order valence-corrected chi connectivity index (χ0v) is 22.5. The highest BCUT2D eigenvalue weighted by atomic mass is 35.5. The normalized spacial score (nSPS) is 14.1. The Morgan fingerprint density at radius 1 is 0.850 bits per heavy atom. The molecule has 214 valence electrons. The lowest BCUT2D eigenvalue weighted by Gasteiger charge is -2.32. The number of hydrogen-bond acceptors (Lipinski definition) is 5. The van der Waals surface area contributed by atoms with Crippen LogP contribution in [0.1, 0.15) is 11.1 Å². The van der Waals surface area contributed by atoms with Crippen LogP contribution in [0.5, 0.6) is 0 Å². The minimum atomic E-state index is -5.63. The summed E-state index contributed by atoms with van der Waals surface area (Å²) in [5, 5.41) is 10.7. The molecule has 1 N–H and O–H groups in total. The molecule has 0 amide bonds. The van der Waals surface area contributed by atoms with Gasteiger partial charge in [0.2, 0.25) is 0 Å². The molecule has 0 heterocycles. The van der Waals surface area contributed by atoms with Crippen molar-refractivity contribution in [3.05, 3.63) is 88.9 Å². The summed E-state index contributed by atoms with van der Waals surface area (Å²) in [6, 6.07) is 11.5. The van der Waals surface area contributed by atoms with Crippen LogP contribution in [0.2, 0.25) is 5.02 Å². The van der Waals surface area contributed by atoms with E-state index in [1.807, 2.05) is 5.92 Å². The molecule has 40 heavy (non-hydrogen) atoms. The van der Waals surface area contributed by atoms with Gasteiger partial charge in [0.15, 0.2) is 9.84 Å². The van der Waals surface area contributed by atoms with Crippen LogP contribution in [0.25, 0.3) is 0 Å². The summed E-state index contributed by atoms with van der Waals surface area (Å²) in [7, 11) is -8.82. The van der Waals surface area contributed by atoms with Crippen molar-refractivity contribution in [3.8, 4) is 11.8 Å². The van der Waals surface area contributed by atoms with Crippen molar-refractivity contribution in [2.24, 2.45) is 0 Å². The molecule has 3 aromatic rings. The van der Waals surface area contributed by atoms with E-state index in [0.717, 1.165) is 60.9 Å². The van der Waals surface area contributed by atoms with Crippen molar-refractivity contribution >= 4 is 37.1 Å². The highest BCUT2D eigenvalue weighted by Gasteiger charge is 2.56. The van der Waals surface area contributed by atoms with E-state index in [0.29, 0.717) is 12.1 Å². The van der Waals surface area contributed by atoms with Gasteiger partial charge in [-0.15, -0.1) is 0 Å². The molecule has 0 fully saturated rings. The van der Waals surface area contributed by atoms with Crippen LogP contribution in [0.15, 0.2) is 82.6 Å². The predicted octanol–water partition coefficient (Wildman–Crippen LogP) is 5.30.